The van der Waals surface area contributed by atoms with E-state index >= 15 is 0 Å². The van der Waals surface area contributed by atoms with Crippen molar-refractivity contribution in [1.82, 2.24) is 0 Å². The molecular formula is C37H51O2P2. The van der Waals surface area contributed by atoms with Crippen molar-refractivity contribution in [1.29, 1.82) is 0 Å². The van der Waals surface area contributed by atoms with Crippen molar-refractivity contribution in [3.8, 4) is 11.5 Å². The van der Waals surface area contributed by atoms with Crippen LogP contribution in [0.15, 0.2) is 42.0 Å². The number of methoxy groups -OCH3 is 2. The molecule has 41 heavy (non-hydrogen) atoms. The minimum Gasteiger partial charge on any atom is -0.496 e. The Morgan fingerprint density at radius 2 is 1.10 bits per heavy atom. The minimum absolute atomic E-state index is 0.0681. The molecule has 2 atom stereocenters. The van der Waals surface area contributed by atoms with Gasteiger partial charge in [0.25, 0.3) is 0 Å². The lowest BCUT2D eigenvalue weighted by Gasteiger charge is -2.44. The Kier molecular flexibility index (Phi) is 10.4. The fourth-order valence-electron chi connectivity index (χ4n) is 8.11. The smallest absolute Gasteiger partial charge is 0.124 e. The molecule has 0 heterocycles. The van der Waals surface area contributed by atoms with Crippen LogP contribution < -0.4 is 20.1 Å². The molecule has 2 nitrogen and oxygen atoms in total. The number of allylic oxidation sites excluding steroid dienone is 4. The van der Waals surface area contributed by atoms with E-state index in [9.17, 15) is 0 Å². The fourth-order valence-corrected chi connectivity index (χ4v) is 15.7. The molecule has 0 aromatic heterocycles. The normalized spacial score (nSPS) is 21.0. The summed E-state index contributed by atoms with van der Waals surface area (Å²) in [5.41, 5.74) is 9.40. The van der Waals surface area contributed by atoms with Crippen molar-refractivity contribution < 1.29 is 9.47 Å². The van der Waals surface area contributed by atoms with Gasteiger partial charge < -0.3 is 9.47 Å². The Balaban J connectivity index is 1.58. The summed E-state index contributed by atoms with van der Waals surface area (Å²) in [5, 5.41) is 2.89. The van der Waals surface area contributed by atoms with E-state index in [-0.39, 0.29) is 7.92 Å². The zero-order valence-electron chi connectivity index (χ0n) is 26.6. The van der Waals surface area contributed by atoms with Gasteiger partial charge in [0.1, 0.15) is 11.5 Å². The molecule has 0 spiro atoms. The first-order chi connectivity index (χ1) is 19.8. The number of aryl methyl sites for hydroxylation is 4. The van der Waals surface area contributed by atoms with Crippen LogP contribution in [0.3, 0.4) is 0 Å². The first kappa shape index (κ1) is 30.8. The van der Waals surface area contributed by atoms with E-state index in [2.05, 4.69) is 77.1 Å². The second kappa shape index (κ2) is 13.8. The lowest BCUT2D eigenvalue weighted by molar-refractivity contribution is 0.408. The molecule has 2 saturated carbocycles. The van der Waals surface area contributed by atoms with Crippen molar-refractivity contribution in [2.45, 2.75) is 121 Å². The van der Waals surface area contributed by atoms with Gasteiger partial charge in [0.15, 0.2) is 0 Å². The third-order valence-corrected chi connectivity index (χ3v) is 16.4. The van der Waals surface area contributed by atoms with E-state index in [4.69, 9.17) is 9.47 Å². The van der Waals surface area contributed by atoms with Gasteiger partial charge in [0.05, 0.1) is 14.2 Å². The first-order valence-electron chi connectivity index (χ1n) is 16.0. The maximum absolute atomic E-state index is 5.80. The number of hydrogen-bond donors (Lipinski definition) is 0. The second-order valence-corrected chi connectivity index (χ2v) is 18.2. The Bertz CT molecular complexity index is 1140. The quantitative estimate of drug-likeness (QED) is 0.271. The highest BCUT2D eigenvalue weighted by atomic mass is 31.1. The van der Waals surface area contributed by atoms with Crippen LogP contribution in [0.2, 0.25) is 0 Å². The minimum atomic E-state index is -0.670. The van der Waals surface area contributed by atoms with E-state index in [1.807, 2.05) is 0 Å². The summed E-state index contributed by atoms with van der Waals surface area (Å²) in [5.74, 6) is 2.03. The number of ether oxygens (including phenoxy) is 2. The molecule has 0 aliphatic heterocycles. The van der Waals surface area contributed by atoms with Crippen LogP contribution >= 0.6 is 15.8 Å². The van der Waals surface area contributed by atoms with Crippen LogP contribution in [0.4, 0.5) is 0 Å². The van der Waals surface area contributed by atoms with Crippen LogP contribution in [0.25, 0.3) is 0 Å². The van der Waals surface area contributed by atoms with E-state index in [0.29, 0.717) is 11.3 Å². The van der Waals surface area contributed by atoms with Crippen LogP contribution in [0.5, 0.6) is 11.5 Å². The maximum atomic E-state index is 5.80. The molecule has 2 aromatic rings. The zero-order valence-corrected chi connectivity index (χ0v) is 28.3. The molecular weight excluding hydrogens is 538 g/mol. The number of rotatable bonds is 9. The standard InChI is InChI=1S/C37H51O2P2/c1-25-21-32(22-26(2)36(25)38-6)41(33-23-27(3)37(39-7)28(4)24-33)35-20-14-19-34(35)29(5)40(30-15-10-8-11-16-30)31-17-12-9-13-18-31/h14,20-24,29-31,35H,8-13,15-18H2,1-7H3/t29-,35?/m0/s1. The van der Waals surface area contributed by atoms with Crippen molar-refractivity contribution in [2.75, 3.05) is 14.2 Å². The summed E-state index contributed by atoms with van der Waals surface area (Å²) in [6.07, 6.45) is 23.1. The average Bonchev–Trinajstić information content (AvgIpc) is 3.44. The van der Waals surface area contributed by atoms with Crippen molar-refractivity contribution >= 4 is 26.5 Å². The predicted molar refractivity (Wildman–Crippen MR) is 181 cm³/mol. The SMILES string of the molecule is COc1c(C)cc(P(c2cc(C)c(OC)c(C)c2)C2C=C[C]=C2[C@H](C)P(C2CCCCC2)C2CCCCC2)cc1C. The van der Waals surface area contributed by atoms with E-state index in [1.54, 1.807) is 19.8 Å². The summed E-state index contributed by atoms with van der Waals surface area (Å²) in [4.78, 5) is 0. The molecule has 1 radical (unpaired) electrons. The van der Waals surface area contributed by atoms with Gasteiger partial charge in [-0.1, -0.05) is 65.5 Å². The molecule has 3 aliphatic carbocycles. The predicted octanol–water partition coefficient (Wildman–Crippen LogP) is 9.57. The summed E-state index contributed by atoms with van der Waals surface area (Å²) in [6.45, 7) is 11.4. The second-order valence-electron chi connectivity index (χ2n) is 12.7. The molecule has 4 heteroatoms. The van der Waals surface area contributed by atoms with Crippen molar-refractivity contribution in [2.24, 2.45) is 0 Å². The Labute approximate surface area is 252 Å². The van der Waals surface area contributed by atoms with E-state index in [1.165, 1.54) is 97.1 Å². The van der Waals surface area contributed by atoms with Crippen LogP contribution in [0, 0.1) is 33.8 Å². The van der Waals surface area contributed by atoms with Crippen LogP contribution in [0.1, 0.15) is 93.4 Å². The first-order valence-corrected chi connectivity index (χ1v) is 19.0. The van der Waals surface area contributed by atoms with E-state index in [0.717, 1.165) is 22.8 Å². The number of hydrogen-bond acceptors (Lipinski definition) is 2. The molecule has 2 aromatic carbocycles. The third kappa shape index (κ3) is 6.50. The topological polar surface area (TPSA) is 18.5 Å². The highest BCUT2D eigenvalue weighted by molar-refractivity contribution is 7.74. The van der Waals surface area contributed by atoms with Gasteiger partial charge in [-0.15, -0.1) is 0 Å². The van der Waals surface area contributed by atoms with Gasteiger partial charge >= 0.3 is 0 Å². The summed E-state index contributed by atoms with van der Waals surface area (Å²) < 4.78 is 11.6. The molecule has 3 aliphatic rings. The lowest BCUT2D eigenvalue weighted by Crippen LogP contribution is -2.30. The van der Waals surface area contributed by atoms with Crippen LogP contribution in [-0.4, -0.2) is 36.9 Å². The average molecular weight is 590 g/mol. The summed E-state index contributed by atoms with van der Waals surface area (Å²) >= 11 is 0. The molecule has 0 bridgehead atoms. The van der Waals surface area contributed by atoms with Crippen molar-refractivity contribution in [3.63, 3.8) is 0 Å². The fraction of sp³-hybridized carbons (Fsp3) is 0.568. The molecule has 221 valence electrons. The van der Waals surface area contributed by atoms with Gasteiger partial charge in [-0.25, -0.2) is 0 Å². The third-order valence-electron chi connectivity index (χ3n) is 9.87. The molecule has 5 rings (SSSR count). The van der Waals surface area contributed by atoms with Crippen molar-refractivity contribution in [3.05, 3.63) is 70.3 Å². The monoisotopic (exact) mass is 589 g/mol. The summed E-state index contributed by atoms with van der Waals surface area (Å²) in [6, 6.07) is 9.63. The van der Waals surface area contributed by atoms with E-state index < -0.39 is 7.92 Å². The van der Waals surface area contributed by atoms with Gasteiger partial charge in [-0.05, 0) is 147 Å². The summed E-state index contributed by atoms with van der Waals surface area (Å²) in [7, 11) is 2.85. The van der Waals surface area contributed by atoms with Gasteiger partial charge in [-0.3, -0.25) is 0 Å². The molecule has 0 N–H and O–H groups in total. The maximum Gasteiger partial charge on any atom is 0.124 e. The molecule has 2 fully saturated rings. The number of benzene rings is 2. The molecule has 0 amide bonds. The van der Waals surface area contributed by atoms with Crippen LogP contribution in [-0.2, 0) is 0 Å². The van der Waals surface area contributed by atoms with Gasteiger partial charge in [-0.2, -0.15) is 0 Å². The van der Waals surface area contributed by atoms with Gasteiger partial charge in [0.2, 0.25) is 0 Å². The largest absolute Gasteiger partial charge is 0.496 e. The molecule has 0 saturated heterocycles. The molecule has 1 unspecified atom stereocenters. The highest BCUT2D eigenvalue weighted by Gasteiger charge is 2.40. The Morgan fingerprint density at radius 3 is 1.49 bits per heavy atom. The lowest BCUT2D eigenvalue weighted by atomic mass is 9.99. The Morgan fingerprint density at radius 1 is 0.683 bits per heavy atom. The van der Waals surface area contributed by atoms with Gasteiger partial charge in [0, 0.05) is 5.66 Å². The zero-order chi connectivity index (χ0) is 29.1. The highest BCUT2D eigenvalue weighted by Crippen LogP contribution is 2.62. The Hall–Kier alpha value is -1.62.